The highest BCUT2D eigenvalue weighted by Crippen LogP contribution is 2.31. The highest BCUT2D eigenvalue weighted by molar-refractivity contribution is 5.76. The molecule has 110 valence electrons. The first-order chi connectivity index (χ1) is 9.43. The van der Waals surface area contributed by atoms with Crippen molar-refractivity contribution in [2.75, 3.05) is 26.2 Å². The second-order valence-electron chi connectivity index (χ2n) is 6.10. The van der Waals surface area contributed by atoms with Gasteiger partial charge in [-0.2, -0.15) is 5.26 Å². The monoisotopic (exact) mass is 279 g/mol. The highest BCUT2D eigenvalue weighted by atomic mass is 16.4. The van der Waals surface area contributed by atoms with Gasteiger partial charge in [-0.3, -0.25) is 4.79 Å². The van der Waals surface area contributed by atoms with Gasteiger partial charge in [-0.25, -0.2) is 4.79 Å². The second-order valence-corrected chi connectivity index (χ2v) is 6.10. The fraction of sp³-hybridized carbons (Fsp3) is 0.786. The summed E-state index contributed by atoms with van der Waals surface area (Å²) in [4.78, 5) is 27.0. The quantitative estimate of drug-likeness (QED) is 0.824. The molecule has 2 atom stereocenters. The van der Waals surface area contributed by atoms with Crippen LogP contribution in [0, 0.1) is 35.0 Å². The number of nitrogens with zero attached hydrogens (tertiary/aromatic N) is 3. The van der Waals surface area contributed by atoms with E-state index in [1.165, 1.54) is 0 Å². The lowest BCUT2D eigenvalue weighted by molar-refractivity contribution is -0.146. The molecular formula is C14H21N3O3. The molecular weight excluding hydrogens is 258 g/mol. The zero-order valence-electron chi connectivity index (χ0n) is 12.0. The molecule has 2 aliphatic heterocycles. The zero-order chi connectivity index (χ0) is 14.9. The SMILES string of the molecule is CC(C)[C@@H]1CN(C(=O)N2CC(C#N)C2)CC[C@@H]1C(=O)O. The molecule has 2 fully saturated rings. The van der Waals surface area contributed by atoms with Crippen LogP contribution in [0.25, 0.3) is 0 Å². The molecule has 0 aromatic rings. The Morgan fingerprint density at radius 2 is 1.90 bits per heavy atom. The molecule has 6 nitrogen and oxygen atoms in total. The number of carbonyl (C=O) groups is 2. The highest BCUT2D eigenvalue weighted by Gasteiger charge is 2.40. The summed E-state index contributed by atoms with van der Waals surface area (Å²) in [6.07, 6.45) is 0.513. The molecule has 0 aliphatic carbocycles. The van der Waals surface area contributed by atoms with Crippen molar-refractivity contribution in [1.29, 1.82) is 5.26 Å². The number of rotatable bonds is 2. The first-order valence-corrected chi connectivity index (χ1v) is 7.10. The standard InChI is InChI=1S/C14H21N3O3/c1-9(2)12-8-16(4-3-11(12)13(18)19)14(20)17-6-10(5-15)7-17/h9-12H,3-4,6-8H2,1-2H3,(H,18,19)/t11-,12-/m0/s1. The van der Waals surface area contributed by atoms with E-state index < -0.39 is 5.97 Å². The van der Waals surface area contributed by atoms with Crippen LogP contribution in [0.4, 0.5) is 4.79 Å². The summed E-state index contributed by atoms with van der Waals surface area (Å²) in [6.45, 7) is 6.00. The Morgan fingerprint density at radius 3 is 2.40 bits per heavy atom. The van der Waals surface area contributed by atoms with Crippen molar-refractivity contribution in [2.24, 2.45) is 23.7 Å². The van der Waals surface area contributed by atoms with Crippen molar-refractivity contribution < 1.29 is 14.7 Å². The van der Waals surface area contributed by atoms with Crippen LogP contribution >= 0.6 is 0 Å². The van der Waals surface area contributed by atoms with Gasteiger partial charge in [-0.1, -0.05) is 13.8 Å². The maximum Gasteiger partial charge on any atom is 0.320 e. The van der Waals surface area contributed by atoms with E-state index in [9.17, 15) is 14.7 Å². The smallest absolute Gasteiger partial charge is 0.320 e. The van der Waals surface area contributed by atoms with Crippen LogP contribution in [0.1, 0.15) is 20.3 Å². The number of nitriles is 1. The molecule has 0 aromatic carbocycles. The van der Waals surface area contributed by atoms with Gasteiger partial charge >= 0.3 is 12.0 Å². The second kappa shape index (κ2) is 5.70. The van der Waals surface area contributed by atoms with E-state index in [0.29, 0.717) is 32.6 Å². The molecule has 0 radical (unpaired) electrons. The number of urea groups is 1. The molecule has 2 saturated heterocycles. The molecule has 2 heterocycles. The number of likely N-dealkylation sites (tertiary alicyclic amines) is 2. The minimum absolute atomic E-state index is 0.00163. The number of piperidine rings is 1. The number of hydrogen-bond acceptors (Lipinski definition) is 3. The van der Waals surface area contributed by atoms with Crippen molar-refractivity contribution in [3.8, 4) is 6.07 Å². The van der Waals surface area contributed by atoms with E-state index in [1.54, 1.807) is 9.80 Å². The van der Waals surface area contributed by atoms with Gasteiger partial charge in [0, 0.05) is 26.2 Å². The molecule has 0 saturated carbocycles. The van der Waals surface area contributed by atoms with E-state index in [0.717, 1.165) is 0 Å². The Kier molecular flexibility index (Phi) is 4.17. The van der Waals surface area contributed by atoms with E-state index in [2.05, 4.69) is 6.07 Å². The summed E-state index contributed by atoms with van der Waals surface area (Å²) in [7, 11) is 0. The number of carboxylic acids is 1. The third kappa shape index (κ3) is 2.72. The molecule has 0 spiro atoms. The molecule has 0 bridgehead atoms. The van der Waals surface area contributed by atoms with E-state index in [-0.39, 0.29) is 29.7 Å². The van der Waals surface area contributed by atoms with E-state index >= 15 is 0 Å². The maximum absolute atomic E-state index is 12.3. The lowest BCUT2D eigenvalue weighted by Gasteiger charge is -2.44. The Balaban J connectivity index is 1.97. The Bertz CT molecular complexity index is 437. The lowest BCUT2D eigenvalue weighted by atomic mass is 9.78. The molecule has 0 unspecified atom stereocenters. The van der Waals surface area contributed by atoms with Crippen LogP contribution in [0.3, 0.4) is 0 Å². The minimum Gasteiger partial charge on any atom is -0.481 e. The van der Waals surface area contributed by atoms with Crippen LogP contribution in [0.15, 0.2) is 0 Å². The van der Waals surface area contributed by atoms with Crippen LogP contribution in [0.2, 0.25) is 0 Å². The summed E-state index contributed by atoms with van der Waals surface area (Å²) < 4.78 is 0. The molecule has 0 aromatic heterocycles. The topological polar surface area (TPSA) is 84.6 Å². The molecule has 20 heavy (non-hydrogen) atoms. The summed E-state index contributed by atoms with van der Waals surface area (Å²) in [6, 6.07) is 2.10. The number of carboxylic acid groups (broad SMARTS) is 1. The van der Waals surface area contributed by atoms with Crippen LogP contribution in [-0.4, -0.2) is 53.1 Å². The van der Waals surface area contributed by atoms with E-state index in [4.69, 9.17) is 5.26 Å². The zero-order valence-corrected chi connectivity index (χ0v) is 12.0. The fourth-order valence-corrected chi connectivity index (χ4v) is 3.05. The third-order valence-electron chi connectivity index (χ3n) is 4.44. The fourth-order valence-electron chi connectivity index (χ4n) is 3.05. The molecule has 2 rings (SSSR count). The summed E-state index contributed by atoms with van der Waals surface area (Å²) >= 11 is 0. The van der Waals surface area contributed by atoms with Gasteiger partial charge in [0.25, 0.3) is 0 Å². The number of carbonyl (C=O) groups excluding carboxylic acids is 1. The third-order valence-corrected chi connectivity index (χ3v) is 4.44. The average Bonchev–Trinajstić information content (AvgIpc) is 2.36. The van der Waals surface area contributed by atoms with Crippen molar-refractivity contribution in [3.05, 3.63) is 0 Å². The van der Waals surface area contributed by atoms with Gasteiger partial charge in [-0.15, -0.1) is 0 Å². The van der Waals surface area contributed by atoms with Crippen LogP contribution in [0.5, 0.6) is 0 Å². The van der Waals surface area contributed by atoms with Crippen molar-refractivity contribution in [2.45, 2.75) is 20.3 Å². The number of amides is 2. The molecule has 2 amide bonds. The van der Waals surface area contributed by atoms with Gasteiger partial charge < -0.3 is 14.9 Å². The minimum atomic E-state index is -0.760. The summed E-state index contributed by atoms with van der Waals surface area (Å²) in [5.41, 5.74) is 0. The molecule has 1 N–H and O–H groups in total. The predicted octanol–water partition coefficient (Wildman–Crippen LogP) is 1.24. The average molecular weight is 279 g/mol. The van der Waals surface area contributed by atoms with Gasteiger partial charge in [0.1, 0.15) is 0 Å². The van der Waals surface area contributed by atoms with Gasteiger partial charge in [-0.05, 0) is 18.3 Å². The molecule has 2 aliphatic rings. The Hall–Kier alpha value is -1.77. The first-order valence-electron chi connectivity index (χ1n) is 7.10. The van der Waals surface area contributed by atoms with Crippen LogP contribution in [-0.2, 0) is 4.79 Å². The molecule has 6 heteroatoms. The maximum atomic E-state index is 12.3. The normalized spacial score (nSPS) is 27.1. The number of hydrogen-bond donors (Lipinski definition) is 1. The van der Waals surface area contributed by atoms with Gasteiger partial charge in [0.2, 0.25) is 0 Å². The Morgan fingerprint density at radius 1 is 1.25 bits per heavy atom. The Labute approximate surface area is 119 Å². The summed E-state index contributed by atoms with van der Waals surface area (Å²) in [5, 5.41) is 18.0. The van der Waals surface area contributed by atoms with E-state index in [1.807, 2.05) is 13.8 Å². The lowest BCUT2D eigenvalue weighted by Crippen LogP contribution is -2.57. The largest absolute Gasteiger partial charge is 0.481 e. The predicted molar refractivity (Wildman–Crippen MR) is 71.7 cm³/mol. The number of aliphatic carboxylic acids is 1. The van der Waals surface area contributed by atoms with Crippen molar-refractivity contribution >= 4 is 12.0 Å². The first kappa shape index (κ1) is 14.6. The van der Waals surface area contributed by atoms with Crippen LogP contribution < -0.4 is 0 Å². The van der Waals surface area contributed by atoms with Crippen molar-refractivity contribution in [1.82, 2.24) is 9.80 Å². The van der Waals surface area contributed by atoms with Crippen molar-refractivity contribution in [3.63, 3.8) is 0 Å². The van der Waals surface area contributed by atoms with Gasteiger partial charge in [0.15, 0.2) is 0 Å². The summed E-state index contributed by atoms with van der Waals surface area (Å²) in [5.74, 6) is -0.934. The van der Waals surface area contributed by atoms with Gasteiger partial charge in [0.05, 0.1) is 17.9 Å².